The lowest BCUT2D eigenvalue weighted by Gasteiger charge is -2.09. The Labute approximate surface area is 163 Å². The SMILES string of the molecule is Cn1cc(Br)c2ccc(S(=O)(=O)Nc3cn[nH]c3-c3ccccc3F)cc21. The van der Waals surface area contributed by atoms with Crippen LogP contribution in [-0.2, 0) is 17.1 Å². The summed E-state index contributed by atoms with van der Waals surface area (Å²) >= 11 is 3.45. The number of aromatic amines is 1. The molecule has 4 rings (SSSR count). The van der Waals surface area contributed by atoms with Crippen LogP contribution in [0.3, 0.4) is 0 Å². The second-order valence-electron chi connectivity index (χ2n) is 6.01. The van der Waals surface area contributed by atoms with Crippen molar-refractivity contribution in [2.24, 2.45) is 7.05 Å². The lowest BCUT2D eigenvalue weighted by molar-refractivity contribution is 0.601. The topological polar surface area (TPSA) is 79.8 Å². The number of aryl methyl sites for hydroxylation is 1. The van der Waals surface area contributed by atoms with E-state index in [-0.39, 0.29) is 21.8 Å². The molecule has 2 N–H and O–H groups in total. The summed E-state index contributed by atoms with van der Waals surface area (Å²) < 4.78 is 45.0. The molecule has 2 aromatic heterocycles. The molecular weight excluding hydrogens is 435 g/mol. The van der Waals surface area contributed by atoms with Gasteiger partial charge < -0.3 is 4.57 Å². The largest absolute Gasteiger partial charge is 0.349 e. The summed E-state index contributed by atoms with van der Waals surface area (Å²) in [5.41, 5.74) is 1.44. The second kappa shape index (κ2) is 6.50. The zero-order chi connectivity index (χ0) is 19.2. The van der Waals surface area contributed by atoms with E-state index in [1.807, 2.05) is 17.8 Å². The number of halogens is 2. The maximum atomic E-state index is 14.1. The number of sulfonamides is 1. The molecule has 0 spiro atoms. The first-order valence-electron chi connectivity index (χ1n) is 7.92. The van der Waals surface area contributed by atoms with E-state index in [4.69, 9.17) is 0 Å². The van der Waals surface area contributed by atoms with E-state index in [1.165, 1.54) is 18.3 Å². The van der Waals surface area contributed by atoms with E-state index < -0.39 is 15.8 Å². The van der Waals surface area contributed by atoms with Gasteiger partial charge >= 0.3 is 0 Å². The van der Waals surface area contributed by atoms with Crippen LogP contribution in [0.5, 0.6) is 0 Å². The Kier molecular flexibility index (Phi) is 4.27. The van der Waals surface area contributed by atoms with Gasteiger partial charge in [-0.3, -0.25) is 9.82 Å². The van der Waals surface area contributed by atoms with Crippen LogP contribution in [0.4, 0.5) is 10.1 Å². The minimum absolute atomic E-state index is 0.101. The smallest absolute Gasteiger partial charge is 0.262 e. The Bertz CT molecular complexity index is 1260. The monoisotopic (exact) mass is 448 g/mol. The molecule has 0 fully saturated rings. The Morgan fingerprint density at radius 1 is 1.22 bits per heavy atom. The number of aromatic nitrogens is 3. The number of fused-ring (bicyclic) bond motifs is 1. The maximum absolute atomic E-state index is 14.1. The predicted molar refractivity (Wildman–Crippen MR) is 105 cm³/mol. The number of H-pyrrole nitrogens is 1. The van der Waals surface area contributed by atoms with E-state index in [0.29, 0.717) is 0 Å². The minimum Gasteiger partial charge on any atom is -0.349 e. The summed E-state index contributed by atoms with van der Waals surface area (Å²) in [7, 11) is -2.05. The van der Waals surface area contributed by atoms with Crippen molar-refractivity contribution in [2.75, 3.05) is 4.72 Å². The quantitative estimate of drug-likeness (QED) is 0.489. The van der Waals surface area contributed by atoms with Crippen molar-refractivity contribution in [1.82, 2.24) is 14.8 Å². The molecule has 0 bridgehead atoms. The fourth-order valence-corrected chi connectivity index (χ4v) is 4.64. The summed E-state index contributed by atoms with van der Waals surface area (Å²) in [6.07, 6.45) is 3.18. The minimum atomic E-state index is -3.89. The fraction of sp³-hybridized carbons (Fsp3) is 0.0556. The van der Waals surface area contributed by atoms with Crippen molar-refractivity contribution in [3.05, 3.63) is 65.1 Å². The van der Waals surface area contributed by atoms with Crippen LogP contribution >= 0.6 is 15.9 Å². The Hall–Kier alpha value is -2.65. The fourth-order valence-electron chi connectivity index (χ4n) is 2.92. The highest BCUT2D eigenvalue weighted by Gasteiger charge is 2.20. The van der Waals surface area contributed by atoms with Gasteiger partial charge in [-0.05, 0) is 40.2 Å². The van der Waals surface area contributed by atoms with Gasteiger partial charge in [-0.15, -0.1) is 0 Å². The van der Waals surface area contributed by atoms with Gasteiger partial charge in [0.05, 0.1) is 28.0 Å². The van der Waals surface area contributed by atoms with Crippen LogP contribution in [0, 0.1) is 5.82 Å². The molecule has 0 aliphatic carbocycles. The molecular formula is C18H14BrFN4O2S. The third-order valence-corrected chi connectivity index (χ3v) is 6.25. The van der Waals surface area contributed by atoms with Crippen molar-refractivity contribution >= 4 is 42.5 Å². The van der Waals surface area contributed by atoms with Crippen LogP contribution in [-0.4, -0.2) is 23.2 Å². The number of nitrogens with one attached hydrogen (secondary N) is 2. The Balaban J connectivity index is 1.74. The summed E-state index contributed by atoms with van der Waals surface area (Å²) in [6, 6.07) is 10.9. The van der Waals surface area contributed by atoms with Crippen molar-refractivity contribution in [2.45, 2.75) is 4.90 Å². The molecule has 0 radical (unpaired) electrons. The van der Waals surface area contributed by atoms with E-state index in [1.54, 1.807) is 30.3 Å². The summed E-state index contributed by atoms with van der Waals surface area (Å²) in [5.74, 6) is -0.475. The van der Waals surface area contributed by atoms with Crippen LogP contribution in [0.2, 0.25) is 0 Å². The highest BCUT2D eigenvalue weighted by Crippen LogP contribution is 2.31. The molecule has 0 saturated heterocycles. The number of nitrogens with zero attached hydrogens (tertiary/aromatic N) is 2. The first kappa shape index (κ1) is 17.7. The van der Waals surface area contributed by atoms with Gasteiger partial charge in [0.2, 0.25) is 0 Å². The highest BCUT2D eigenvalue weighted by atomic mass is 79.9. The van der Waals surface area contributed by atoms with Crippen molar-refractivity contribution in [1.29, 1.82) is 0 Å². The number of hydrogen-bond donors (Lipinski definition) is 2. The zero-order valence-electron chi connectivity index (χ0n) is 14.1. The third-order valence-electron chi connectivity index (χ3n) is 4.25. The lowest BCUT2D eigenvalue weighted by Crippen LogP contribution is -2.13. The van der Waals surface area contributed by atoms with Gasteiger partial charge in [-0.2, -0.15) is 5.10 Å². The molecule has 6 nitrogen and oxygen atoms in total. The molecule has 4 aromatic rings. The number of rotatable bonds is 4. The molecule has 9 heteroatoms. The maximum Gasteiger partial charge on any atom is 0.262 e. The summed E-state index contributed by atoms with van der Waals surface area (Å²) in [4.78, 5) is 0.101. The normalized spacial score (nSPS) is 11.8. The van der Waals surface area contributed by atoms with Crippen LogP contribution in [0.1, 0.15) is 0 Å². The molecule has 0 aliphatic heterocycles. The van der Waals surface area contributed by atoms with Crippen molar-refractivity contribution < 1.29 is 12.8 Å². The summed E-state index contributed by atoms with van der Waals surface area (Å²) in [5, 5.41) is 7.42. The number of anilines is 1. The average Bonchev–Trinajstić information content (AvgIpc) is 3.19. The average molecular weight is 449 g/mol. The van der Waals surface area contributed by atoms with E-state index in [9.17, 15) is 12.8 Å². The third kappa shape index (κ3) is 3.13. The van der Waals surface area contributed by atoms with Crippen LogP contribution < -0.4 is 4.72 Å². The molecule has 0 unspecified atom stereocenters. The molecule has 0 amide bonds. The van der Waals surface area contributed by atoms with E-state index in [2.05, 4.69) is 30.8 Å². The molecule has 2 heterocycles. The zero-order valence-corrected chi connectivity index (χ0v) is 16.5. The molecule has 0 atom stereocenters. The van der Waals surface area contributed by atoms with E-state index >= 15 is 0 Å². The first-order chi connectivity index (χ1) is 12.9. The number of benzene rings is 2. The van der Waals surface area contributed by atoms with Gasteiger partial charge in [0.1, 0.15) is 5.82 Å². The van der Waals surface area contributed by atoms with Gasteiger partial charge in [0.15, 0.2) is 0 Å². The molecule has 0 aliphatic rings. The first-order valence-corrected chi connectivity index (χ1v) is 10.2. The van der Waals surface area contributed by atoms with Crippen molar-refractivity contribution in [3.8, 4) is 11.3 Å². The standard InChI is InChI=1S/C18H14BrFN4O2S/c1-24-10-14(19)12-7-6-11(8-17(12)24)27(25,26)23-16-9-21-22-18(16)13-4-2-3-5-15(13)20/h2-10,23H,1H3,(H,21,22). The van der Waals surface area contributed by atoms with E-state index in [0.717, 1.165) is 15.4 Å². The van der Waals surface area contributed by atoms with Crippen molar-refractivity contribution in [3.63, 3.8) is 0 Å². The number of hydrogen-bond acceptors (Lipinski definition) is 3. The van der Waals surface area contributed by atoms with Gasteiger partial charge in [0.25, 0.3) is 10.0 Å². The molecule has 27 heavy (non-hydrogen) atoms. The molecule has 0 saturated carbocycles. The van der Waals surface area contributed by atoms with Crippen LogP contribution in [0.25, 0.3) is 22.2 Å². The van der Waals surface area contributed by atoms with Gasteiger partial charge in [-0.25, -0.2) is 12.8 Å². The molecule has 2 aromatic carbocycles. The lowest BCUT2D eigenvalue weighted by atomic mass is 10.1. The second-order valence-corrected chi connectivity index (χ2v) is 8.55. The molecule has 138 valence electrons. The Morgan fingerprint density at radius 3 is 2.78 bits per heavy atom. The van der Waals surface area contributed by atoms with Gasteiger partial charge in [-0.1, -0.05) is 18.2 Å². The Morgan fingerprint density at radius 2 is 2.00 bits per heavy atom. The highest BCUT2D eigenvalue weighted by molar-refractivity contribution is 9.10. The van der Waals surface area contributed by atoms with Gasteiger partial charge in [0, 0.05) is 28.7 Å². The predicted octanol–water partition coefficient (Wildman–Crippen LogP) is 4.27. The van der Waals surface area contributed by atoms with Crippen LogP contribution in [0.15, 0.2) is 64.2 Å². The summed E-state index contributed by atoms with van der Waals surface area (Å²) in [6.45, 7) is 0.